The lowest BCUT2D eigenvalue weighted by Gasteiger charge is -2.20. The summed E-state index contributed by atoms with van der Waals surface area (Å²) in [6.07, 6.45) is 1.87. The fourth-order valence-electron chi connectivity index (χ4n) is 5.22. The number of fused-ring (bicyclic) bond motifs is 2. The van der Waals surface area contributed by atoms with E-state index in [1.807, 2.05) is 0 Å². The van der Waals surface area contributed by atoms with Crippen molar-refractivity contribution < 1.29 is 38.2 Å². The first-order valence-electron chi connectivity index (χ1n) is 11.1. The van der Waals surface area contributed by atoms with E-state index in [0.29, 0.717) is 28.7 Å². The molecule has 6 atom stereocenters. The van der Waals surface area contributed by atoms with Crippen LogP contribution >= 0.6 is 26.8 Å². The van der Waals surface area contributed by atoms with Crippen LogP contribution in [0.5, 0.6) is 0 Å². The van der Waals surface area contributed by atoms with E-state index in [1.165, 1.54) is 23.9 Å². The third-order valence-corrected chi connectivity index (χ3v) is 10.5. The minimum atomic E-state index is -4.78. The average Bonchev–Trinajstić information content (AvgIpc) is 3.49. The number of aromatic nitrogens is 4. The van der Waals surface area contributed by atoms with Crippen molar-refractivity contribution >= 4 is 43.6 Å². The molecule has 1 saturated carbocycles. The van der Waals surface area contributed by atoms with Gasteiger partial charge in [0.05, 0.1) is 18.2 Å². The topological polar surface area (TPSA) is 180 Å². The van der Waals surface area contributed by atoms with Crippen LogP contribution in [0, 0.1) is 11.8 Å². The molecular formula is C19H26ClN5O8P2. The van der Waals surface area contributed by atoms with Crippen molar-refractivity contribution in [3.8, 4) is 0 Å². The van der Waals surface area contributed by atoms with Gasteiger partial charge in [0.1, 0.15) is 18.0 Å². The Morgan fingerprint density at radius 1 is 1.20 bits per heavy atom. The van der Waals surface area contributed by atoms with E-state index in [0.717, 1.165) is 13.1 Å². The molecule has 1 aliphatic carbocycles. The Morgan fingerprint density at radius 2 is 1.89 bits per heavy atom. The number of aliphatic hydroxyl groups excluding tert-OH is 1. The molecule has 0 aromatic carbocycles. The molecule has 2 saturated heterocycles. The van der Waals surface area contributed by atoms with Crippen molar-refractivity contribution in [2.75, 3.05) is 30.5 Å². The van der Waals surface area contributed by atoms with Crippen LogP contribution in [0.3, 0.4) is 0 Å². The Labute approximate surface area is 205 Å². The lowest BCUT2D eigenvalue weighted by molar-refractivity contribution is -0.0526. The average molecular weight is 550 g/mol. The first-order valence-corrected chi connectivity index (χ1v) is 15.0. The monoisotopic (exact) mass is 549 g/mol. The van der Waals surface area contributed by atoms with E-state index in [1.54, 1.807) is 6.20 Å². The summed E-state index contributed by atoms with van der Waals surface area (Å²) in [7, 11) is -9.37. The quantitative estimate of drug-likeness (QED) is 0.224. The number of aliphatic hydroxyl groups is 1. The zero-order valence-electron chi connectivity index (χ0n) is 18.6. The highest BCUT2D eigenvalue weighted by Crippen LogP contribution is 2.55. The number of rotatable bonds is 7. The molecule has 2 aromatic heterocycles. The van der Waals surface area contributed by atoms with Crippen LogP contribution in [0.25, 0.3) is 11.0 Å². The summed E-state index contributed by atoms with van der Waals surface area (Å²) < 4.78 is 35.0. The molecule has 0 radical (unpaired) electrons. The zero-order chi connectivity index (χ0) is 25.1. The van der Waals surface area contributed by atoms with Crippen molar-refractivity contribution in [1.29, 1.82) is 0 Å². The standard InChI is InChI=1S/C19H26ClN5O8P2/c1-10-14(8-32-35(30,31)9-34(27,28)29)33-18(15(10)26)25-17-13(5-21-25)16(22-19(20)23-17)24-6-11-3-2-4-12(11)7-24/h5,11-12,14-15,18,26H,1-4,6-9H2,(H,30,31)(H2,27,28,29)/t11-,12+,14-,15-,18+/m1/s1. The SMILES string of the molecule is C=C1[C@@H](O)[C@@H](n2ncc3c(N4C[C@H]5CCC[C@H]5C4)nc(Cl)nc32)O[C@@H]1COP(=O)(O)CP(=O)(O)O. The second kappa shape index (κ2) is 9.16. The van der Waals surface area contributed by atoms with Crippen LogP contribution in [0.2, 0.25) is 5.28 Å². The van der Waals surface area contributed by atoms with Gasteiger partial charge in [0.25, 0.3) is 0 Å². The summed E-state index contributed by atoms with van der Waals surface area (Å²) in [6.45, 7) is 4.99. The molecule has 16 heteroatoms. The molecule has 0 bridgehead atoms. The van der Waals surface area contributed by atoms with Gasteiger partial charge in [-0.15, -0.1) is 0 Å². The Hall–Kier alpha value is -1.40. The van der Waals surface area contributed by atoms with Gasteiger partial charge >= 0.3 is 15.2 Å². The van der Waals surface area contributed by atoms with Gasteiger partial charge in [-0.1, -0.05) is 13.0 Å². The third-order valence-electron chi connectivity index (χ3n) is 6.83. The van der Waals surface area contributed by atoms with Crippen molar-refractivity contribution in [1.82, 2.24) is 19.7 Å². The molecule has 5 rings (SSSR count). The van der Waals surface area contributed by atoms with Crippen LogP contribution in [0.15, 0.2) is 18.3 Å². The van der Waals surface area contributed by atoms with E-state index in [4.69, 9.17) is 30.6 Å². The van der Waals surface area contributed by atoms with Crippen LogP contribution in [0.1, 0.15) is 25.5 Å². The predicted molar refractivity (Wildman–Crippen MR) is 125 cm³/mol. The van der Waals surface area contributed by atoms with Gasteiger partial charge in [0, 0.05) is 13.1 Å². The first-order chi connectivity index (χ1) is 16.4. The summed E-state index contributed by atoms with van der Waals surface area (Å²) in [4.78, 5) is 38.6. The molecular weight excluding hydrogens is 524 g/mol. The van der Waals surface area contributed by atoms with Gasteiger partial charge in [0.2, 0.25) is 5.28 Å². The second-order valence-electron chi connectivity index (χ2n) is 9.27. The molecule has 13 nitrogen and oxygen atoms in total. The maximum atomic E-state index is 12.0. The van der Waals surface area contributed by atoms with Gasteiger partial charge in [-0.25, -0.2) is 4.68 Å². The zero-order valence-corrected chi connectivity index (χ0v) is 21.1. The van der Waals surface area contributed by atoms with Crippen LogP contribution in [-0.2, 0) is 18.4 Å². The number of ether oxygens (including phenoxy) is 1. The van der Waals surface area contributed by atoms with Crippen LogP contribution in [-0.4, -0.2) is 77.3 Å². The molecule has 1 unspecified atom stereocenters. The van der Waals surface area contributed by atoms with Gasteiger partial charge in [-0.3, -0.25) is 9.13 Å². The molecule has 4 heterocycles. The highest BCUT2D eigenvalue weighted by Gasteiger charge is 2.43. The molecule has 0 amide bonds. The highest BCUT2D eigenvalue weighted by atomic mass is 35.5. The van der Waals surface area contributed by atoms with Gasteiger partial charge in [0.15, 0.2) is 17.8 Å². The Morgan fingerprint density at radius 3 is 2.54 bits per heavy atom. The van der Waals surface area contributed by atoms with Crippen molar-refractivity contribution in [3.05, 3.63) is 23.6 Å². The minimum absolute atomic E-state index is 0.0242. The number of hydrogen-bond donors (Lipinski definition) is 4. The minimum Gasteiger partial charge on any atom is -0.384 e. The number of anilines is 1. The van der Waals surface area contributed by atoms with Crippen molar-refractivity contribution in [3.63, 3.8) is 0 Å². The summed E-state index contributed by atoms with van der Waals surface area (Å²) in [6, 6.07) is 0. The van der Waals surface area contributed by atoms with E-state index < -0.39 is 46.1 Å². The van der Waals surface area contributed by atoms with Gasteiger partial charge in [-0.05, 0) is 41.9 Å². The maximum Gasteiger partial charge on any atom is 0.340 e. The molecule has 35 heavy (non-hydrogen) atoms. The van der Waals surface area contributed by atoms with Crippen LogP contribution < -0.4 is 4.90 Å². The summed E-state index contributed by atoms with van der Waals surface area (Å²) in [5.41, 5.74) is 0.507. The fourth-order valence-corrected chi connectivity index (χ4v) is 7.94. The Kier molecular flexibility index (Phi) is 6.61. The van der Waals surface area contributed by atoms with Crippen LogP contribution in [0.4, 0.5) is 5.82 Å². The molecule has 2 aliphatic heterocycles. The Balaban J connectivity index is 1.37. The maximum absolute atomic E-state index is 12.0. The number of nitrogens with zero attached hydrogens (tertiary/aromatic N) is 5. The second-order valence-corrected chi connectivity index (χ2v) is 13.6. The molecule has 2 aromatic rings. The highest BCUT2D eigenvalue weighted by molar-refractivity contribution is 7.70. The summed E-state index contributed by atoms with van der Waals surface area (Å²) in [5.74, 6) is 0.605. The van der Waals surface area contributed by atoms with E-state index in [-0.39, 0.29) is 10.9 Å². The third kappa shape index (κ3) is 5.07. The molecule has 192 valence electrons. The lowest BCUT2D eigenvalue weighted by Crippen LogP contribution is -2.23. The molecule has 0 spiro atoms. The number of halogens is 1. The number of hydrogen-bond acceptors (Lipinski definition) is 9. The smallest absolute Gasteiger partial charge is 0.340 e. The van der Waals surface area contributed by atoms with Crippen molar-refractivity contribution in [2.45, 2.75) is 37.7 Å². The normalized spacial score (nSPS) is 30.8. The molecule has 4 N–H and O–H groups in total. The van der Waals surface area contributed by atoms with Gasteiger partial charge in [-0.2, -0.15) is 15.1 Å². The van der Waals surface area contributed by atoms with E-state index in [2.05, 4.69) is 26.5 Å². The lowest BCUT2D eigenvalue weighted by atomic mass is 10.0. The molecule has 3 fully saturated rings. The van der Waals surface area contributed by atoms with Gasteiger partial charge < -0.3 is 33.9 Å². The first kappa shape index (κ1) is 25.3. The van der Waals surface area contributed by atoms with E-state index in [9.17, 15) is 19.1 Å². The Bertz CT molecular complexity index is 1240. The largest absolute Gasteiger partial charge is 0.384 e. The van der Waals surface area contributed by atoms with E-state index >= 15 is 0 Å². The predicted octanol–water partition coefficient (Wildman–Crippen LogP) is 1.87. The summed E-state index contributed by atoms with van der Waals surface area (Å²) in [5, 5.41) is 15.8. The fraction of sp³-hybridized carbons (Fsp3) is 0.632. The van der Waals surface area contributed by atoms with Crippen molar-refractivity contribution in [2.24, 2.45) is 11.8 Å². The summed E-state index contributed by atoms with van der Waals surface area (Å²) >= 11 is 6.25. The molecule has 3 aliphatic rings.